The van der Waals surface area contributed by atoms with E-state index in [-0.39, 0.29) is 5.56 Å². The lowest BCUT2D eigenvalue weighted by molar-refractivity contribution is 0.409. The highest BCUT2D eigenvalue weighted by Crippen LogP contribution is 2.44. The highest BCUT2D eigenvalue weighted by Gasteiger charge is 2.20. The summed E-state index contributed by atoms with van der Waals surface area (Å²) in [5, 5.41) is 4.25. The van der Waals surface area contributed by atoms with Crippen LogP contribution in [0.2, 0.25) is 5.02 Å². The van der Waals surface area contributed by atoms with Crippen molar-refractivity contribution >= 4 is 43.9 Å². The lowest BCUT2D eigenvalue weighted by atomic mass is 9.95. The van der Waals surface area contributed by atoms with Gasteiger partial charge in [0.2, 0.25) is 0 Å². The number of nitrogens with two attached hydrogens (primary N) is 1. The zero-order chi connectivity index (χ0) is 19.8. The van der Waals surface area contributed by atoms with Crippen molar-refractivity contribution in [2.45, 2.75) is 6.42 Å². The van der Waals surface area contributed by atoms with Crippen molar-refractivity contribution in [3.8, 4) is 22.6 Å². The minimum Gasteiger partial charge on any atom is -0.496 e. The van der Waals surface area contributed by atoms with Gasteiger partial charge in [0.05, 0.1) is 14.2 Å². The van der Waals surface area contributed by atoms with E-state index in [0.717, 1.165) is 38.7 Å². The number of methoxy groups -OCH3 is 2. The number of aromatic amines is 1. The number of benzene rings is 2. The third-order valence-electron chi connectivity index (χ3n) is 4.83. The number of H-pyrrole nitrogens is 1. The summed E-state index contributed by atoms with van der Waals surface area (Å²) >= 11 is 8.10. The highest BCUT2D eigenvalue weighted by molar-refractivity contribution is 7.17. The van der Waals surface area contributed by atoms with Gasteiger partial charge in [0.25, 0.3) is 5.56 Å². The predicted molar refractivity (Wildman–Crippen MR) is 116 cm³/mol. The number of ether oxygens (including phenoxy) is 2. The Bertz CT molecular complexity index is 1250. The van der Waals surface area contributed by atoms with Gasteiger partial charge in [-0.2, -0.15) is 0 Å². The van der Waals surface area contributed by atoms with Crippen LogP contribution in [0.3, 0.4) is 0 Å². The van der Waals surface area contributed by atoms with Gasteiger partial charge in [-0.15, -0.1) is 11.3 Å². The molecule has 2 aromatic heterocycles. The molecule has 7 heteroatoms. The molecule has 0 saturated heterocycles. The second-order valence-electron chi connectivity index (χ2n) is 6.37. The van der Waals surface area contributed by atoms with Crippen molar-refractivity contribution < 1.29 is 9.47 Å². The van der Waals surface area contributed by atoms with Gasteiger partial charge in [-0.1, -0.05) is 11.6 Å². The monoisotopic (exact) mass is 414 g/mol. The van der Waals surface area contributed by atoms with Crippen LogP contribution in [0.25, 0.3) is 32.1 Å². The van der Waals surface area contributed by atoms with E-state index in [9.17, 15) is 4.79 Å². The van der Waals surface area contributed by atoms with Crippen molar-refractivity contribution in [3.63, 3.8) is 0 Å². The molecule has 2 aromatic carbocycles. The number of pyridine rings is 1. The van der Waals surface area contributed by atoms with Crippen molar-refractivity contribution in [2.75, 3.05) is 20.8 Å². The fourth-order valence-electron chi connectivity index (χ4n) is 3.59. The van der Waals surface area contributed by atoms with Gasteiger partial charge >= 0.3 is 0 Å². The Balaban J connectivity index is 2.14. The maximum atomic E-state index is 12.4. The molecule has 0 saturated carbocycles. The molecule has 0 amide bonds. The van der Waals surface area contributed by atoms with Crippen molar-refractivity contribution in [3.05, 3.63) is 56.7 Å². The van der Waals surface area contributed by atoms with E-state index < -0.39 is 0 Å². The fraction of sp³-hybridized carbons (Fsp3) is 0.190. The zero-order valence-corrected chi connectivity index (χ0v) is 17.0. The largest absolute Gasteiger partial charge is 0.496 e. The molecular formula is C21H19ClN2O3S. The fourth-order valence-corrected chi connectivity index (χ4v) is 4.67. The number of fused-ring (bicyclic) bond motifs is 3. The number of nitrogens with one attached hydrogen (secondary N) is 1. The summed E-state index contributed by atoms with van der Waals surface area (Å²) in [4.78, 5) is 15.4. The molecule has 4 rings (SSSR count). The minimum absolute atomic E-state index is 0.101. The summed E-state index contributed by atoms with van der Waals surface area (Å²) in [6, 6.07) is 9.44. The number of aromatic nitrogens is 1. The van der Waals surface area contributed by atoms with Crippen molar-refractivity contribution in [2.24, 2.45) is 5.73 Å². The average Bonchev–Trinajstić information content (AvgIpc) is 3.18. The Morgan fingerprint density at radius 1 is 1.14 bits per heavy atom. The molecule has 28 heavy (non-hydrogen) atoms. The summed E-state index contributed by atoms with van der Waals surface area (Å²) in [6.07, 6.45) is 0.665. The molecule has 0 radical (unpaired) electrons. The molecule has 2 heterocycles. The molecule has 3 N–H and O–H groups in total. The van der Waals surface area contributed by atoms with E-state index in [1.165, 1.54) is 11.3 Å². The van der Waals surface area contributed by atoms with E-state index in [1.54, 1.807) is 14.2 Å². The first-order valence-corrected chi connectivity index (χ1v) is 10.0. The van der Waals surface area contributed by atoms with E-state index in [0.29, 0.717) is 28.4 Å². The molecule has 0 spiro atoms. The molecule has 0 atom stereocenters. The molecule has 144 valence electrons. The molecule has 0 unspecified atom stereocenters. The second kappa shape index (κ2) is 7.47. The summed E-state index contributed by atoms with van der Waals surface area (Å²) in [5.74, 6) is 1.39. The number of hydrogen-bond acceptors (Lipinski definition) is 5. The predicted octanol–water partition coefficient (Wildman–Crippen LogP) is 4.58. The van der Waals surface area contributed by atoms with Crippen LogP contribution in [0, 0.1) is 0 Å². The highest BCUT2D eigenvalue weighted by atomic mass is 35.5. The number of hydrogen-bond donors (Lipinski definition) is 2. The zero-order valence-electron chi connectivity index (χ0n) is 15.5. The van der Waals surface area contributed by atoms with Crippen LogP contribution in [0.5, 0.6) is 11.5 Å². The quantitative estimate of drug-likeness (QED) is 0.501. The van der Waals surface area contributed by atoms with Crippen LogP contribution >= 0.6 is 22.9 Å². The molecule has 0 aliphatic rings. The van der Waals surface area contributed by atoms with Crippen LogP contribution < -0.4 is 20.8 Å². The maximum Gasteiger partial charge on any atom is 0.266 e. The Kier molecular flexibility index (Phi) is 5.02. The summed E-state index contributed by atoms with van der Waals surface area (Å²) < 4.78 is 11.9. The molecule has 5 nitrogen and oxygen atoms in total. The summed E-state index contributed by atoms with van der Waals surface area (Å²) in [7, 11) is 3.25. The van der Waals surface area contributed by atoms with Gasteiger partial charge in [0.1, 0.15) is 16.2 Å². The smallest absolute Gasteiger partial charge is 0.266 e. The first-order valence-electron chi connectivity index (χ1n) is 8.76. The SMILES string of the molecule is COc1cc(-c2c(OC)ccc3[nH]c(=O)c4sccc4c23)c(Cl)cc1CCN. The molecule has 0 aliphatic heterocycles. The van der Waals surface area contributed by atoms with Crippen molar-refractivity contribution in [1.82, 2.24) is 4.98 Å². The van der Waals surface area contributed by atoms with Crippen LogP contribution in [0.1, 0.15) is 5.56 Å². The van der Waals surface area contributed by atoms with Gasteiger partial charge in [-0.25, -0.2) is 0 Å². The molecular weight excluding hydrogens is 396 g/mol. The van der Waals surface area contributed by atoms with E-state index in [2.05, 4.69) is 4.98 Å². The first kappa shape index (κ1) is 18.8. The summed E-state index contributed by atoms with van der Waals surface area (Å²) in [6.45, 7) is 0.500. The topological polar surface area (TPSA) is 77.3 Å². The Morgan fingerprint density at radius 3 is 2.64 bits per heavy atom. The standard InChI is InChI=1S/C21H19ClN2O3S/c1-26-16-4-3-15-18(12-6-8-28-20(12)21(25)24-15)19(16)13-10-17(27-2)11(5-7-23)9-14(13)22/h3-4,6,8-10H,5,7,23H2,1-2H3,(H,24,25). The van der Waals surface area contributed by atoms with Crippen LogP contribution in [0.15, 0.2) is 40.5 Å². The minimum atomic E-state index is -0.101. The summed E-state index contributed by atoms with van der Waals surface area (Å²) in [5.41, 5.74) is 8.90. The number of thiophene rings is 1. The van der Waals surface area contributed by atoms with E-state index in [1.807, 2.05) is 35.7 Å². The number of halogens is 1. The molecule has 0 bridgehead atoms. The van der Waals surface area contributed by atoms with Gasteiger partial charge in [0.15, 0.2) is 0 Å². The third-order valence-corrected chi connectivity index (χ3v) is 6.06. The average molecular weight is 415 g/mol. The Morgan fingerprint density at radius 2 is 1.93 bits per heavy atom. The molecule has 0 aliphatic carbocycles. The first-order chi connectivity index (χ1) is 13.6. The van der Waals surface area contributed by atoms with E-state index in [4.69, 9.17) is 26.8 Å². The van der Waals surface area contributed by atoms with Crippen molar-refractivity contribution in [1.29, 1.82) is 0 Å². The normalized spacial score (nSPS) is 11.3. The number of rotatable bonds is 5. The van der Waals surface area contributed by atoms with Crippen LogP contribution in [0.4, 0.5) is 0 Å². The lowest BCUT2D eigenvalue weighted by Gasteiger charge is -2.17. The maximum absolute atomic E-state index is 12.4. The third kappa shape index (κ3) is 2.94. The van der Waals surface area contributed by atoms with Gasteiger partial charge in [0, 0.05) is 32.4 Å². The van der Waals surface area contributed by atoms with Gasteiger partial charge in [-0.3, -0.25) is 4.79 Å². The molecule has 4 aromatic rings. The van der Waals surface area contributed by atoms with E-state index >= 15 is 0 Å². The lowest BCUT2D eigenvalue weighted by Crippen LogP contribution is -2.06. The Hall–Kier alpha value is -2.54. The van der Waals surface area contributed by atoms with Gasteiger partial charge in [-0.05, 0) is 54.2 Å². The van der Waals surface area contributed by atoms with Crippen LogP contribution in [-0.4, -0.2) is 25.7 Å². The Labute approximate surface area is 170 Å². The second-order valence-corrected chi connectivity index (χ2v) is 7.69. The van der Waals surface area contributed by atoms with Gasteiger partial charge < -0.3 is 20.2 Å². The molecule has 0 fully saturated rings. The van der Waals surface area contributed by atoms with Crippen LogP contribution in [-0.2, 0) is 6.42 Å².